The Hall–Kier alpha value is -1.38. The van der Waals surface area contributed by atoms with Gasteiger partial charge >= 0.3 is 12.2 Å². The minimum absolute atomic E-state index is 0.0362. The molecule has 9 nitrogen and oxygen atoms in total. The van der Waals surface area contributed by atoms with Crippen molar-refractivity contribution in [2.45, 2.75) is 71.3 Å². The predicted molar refractivity (Wildman–Crippen MR) is 161 cm³/mol. The van der Waals surface area contributed by atoms with Gasteiger partial charge in [-0.3, -0.25) is 10.1 Å². The number of halogens is 7. The maximum atomic E-state index is 13.4. The summed E-state index contributed by atoms with van der Waals surface area (Å²) in [6.45, 7) is 2.48. The molecule has 1 aromatic carbocycles. The lowest BCUT2D eigenvalue weighted by molar-refractivity contribution is 0.0618. The molecule has 2 N–H and O–H groups in total. The SMILES string of the molecule is CC#CC(C)Oc1cc(NC(=O)OCC(Cl)(Cl)Cl)c(Cl)cc1C(=O)NC1CC2CCC(C1)N2C(=O)OCC(Cl)(Cl)Cl. The summed E-state index contributed by atoms with van der Waals surface area (Å²) in [7, 11) is 0. The number of carbonyl (C=O) groups excluding carboxylic acids is 3. The van der Waals surface area contributed by atoms with E-state index >= 15 is 0 Å². The van der Waals surface area contributed by atoms with Crippen LogP contribution in [-0.4, -0.2) is 68.0 Å². The topological polar surface area (TPSA) is 106 Å². The third-order valence-corrected chi connectivity index (χ3v) is 7.17. The van der Waals surface area contributed by atoms with Crippen LogP contribution >= 0.6 is 81.2 Å². The largest absolute Gasteiger partial charge is 0.477 e. The molecule has 2 fully saturated rings. The van der Waals surface area contributed by atoms with E-state index in [0.717, 1.165) is 12.8 Å². The Balaban J connectivity index is 1.74. The number of anilines is 1. The number of fused-ring (bicyclic) bond motifs is 2. The average Bonchev–Trinajstić information content (AvgIpc) is 3.12. The zero-order chi connectivity index (χ0) is 30.5. The Bertz CT molecular complexity index is 1200. The molecule has 3 rings (SSSR count). The Labute approximate surface area is 272 Å². The first-order valence-electron chi connectivity index (χ1n) is 12.3. The van der Waals surface area contributed by atoms with Gasteiger partial charge in [0.2, 0.25) is 7.59 Å². The maximum absolute atomic E-state index is 13.4. The van der Waals surface area contributed by atoms with Gasteiger partial charge in [0, 0.05) is 24.2 Å². The van der Waals surface area contributed by atoms with Crippen LogP contribution in [0.3, 0.4) is 0 Å². The third kappa shape index (κ3) is 10.4. The second kappa shape index (κ2) is 14.4. The van der Waals surface area contributed by atoms with Crippen LogP contribution < -0.4 is 15.4 Å². The smallest absolute Gasteiger partial charge is 0.411 e. The number of benzene rings is 1. The minimum Gasteiger partial charge on any atom is -0.477 e. The van der Waals surface area contributed by atoms with Crippen molar-refractivity contribution in [3.8, 4) is 17.6 Å². The van der Waals surface area contributed by atoms with E-state index in [1.807, 2.05) is 0 Å². The lowest BCUT2D eigenvalue weighted by Crippen LogP contribution is -2.52. The molecule has 0 saturated carbocycles. The van der Waals surface area contributed by atoms with Crippen molar-refractivity contribution in [2.24, 2.45) is 0 Å². The minimum atomic E-state index is -1.80. The monoisotopic (exact) mass is 709 g/mol. The third-order valence-electron chi connectivity index (χ3n) is 6.21. The van der Waals surface area contributed by atoms with Gasteiger partial charge in [0.05, 0.1) is 16.3 Å². The van der Waals surface area contributed by atoms with Gasteiger partial charge in [-0.1, -0.05) is 87.1 Å². The molecule has 0 spiro atoms. The van der Waals surface area contributed by atoms with E-state index in [4.69, 9.17) is 95.4 Å². The molecule has 2 bridgehead atoms. The quantitative estimate of drug-likeness (QED) is 0.228. The highest BCUT2D eigenvalue weighted by Crippen LogP contribution is 2.38. The Morgan fingerprint density at radius 2 is 1.61 bits per heavy atom. The van der Waals surface area contributed by atoms with Gasteiger partial charge < -0.3 is 24.4 Å². The van der Waals surface area contributed by atoms with Gasteiger partial charge in [-0.05, 0) is 45.6 Å². The number of nitrogens with zero attached hydrogens (tertiary/aromatic N) is 1. The molecule has 2 saturated heterocycles. The fraction of sp³-hybridized carbons (Fsp3) is 0.560. The van der Waals surface area contributed by atoms with E-state index in [1.165, 1.54) is 12.1 Å². The summed E-state index contributed by atoms with van der Waals surface area (Å²) in [5, 5.41) is 5.49. The van der Waals surface area contributed by atoms with Crippen LogP contribution in [0.1, 0.15) is 49.9 Å². The van der Waals surface area contributed by atoms with Crippen LogP contribution in [0.15, 0.2) is 12.1 Å². The molecule has 41 heavy (non-hydrogen) atoms. The highest BCUT2D eigenvalue weighted by atomic mass is 35.6. The number of carbonyl (C=O) groups is 3. The average molecular weight is 713 g/mol. The summed E-state index contributed by atoms with van der Waals surface area (Å²) < 4.78 is 12.4. The van der Waals surface area contributed by atoms with Gasteiger partial charge in [-0.15, -0.1) is 5.92 Å². The summed E-state index contributed by atoms with van der Waals surface area (Å²) in [5.41, 5.74) is 0.223. The van der Waals surface area contributed by atoms with Gasteiger partial charge in [0.1, 0.15) is 19.0 Å². The first-order chi connectivity index (χ1) is 19.1. The van der Waals surface area contributed by atoms with E-state index < -0.39 is 38.4 Å². The number of hydrogen-bond donors (Lipinski definition) is 2. The molecule has 0 aromatic heterocycles. The number of alkyl halides is 6. The predicted octanol–water partition coefficient (Wildman–Crippen LogP) is 7.28. The van der Waals surface area contributed by atoms with Crippen molar-refractivity contribution in [1.82, 2.24) is 10.2 Å². The van der Waals surface area contributed by atoms with Crippen molar-refractivity contribution in [3.63, 3.8) is 0 Å². The maximum Gasteiger partial charge on any atom is 0.411 e. The summed E-state index contributed by atoms with van der Waals surface area (Å²) in [4.78, 5) is 39.9. The molecule has 3 atom stereocenters. The molecule has 0 radical (unpaired) electrons. The lowest BCUT2D eigenvalue weighted by Gasteiger charge is -2.38. The van der Waals surface area contributed by atoms with Crippen molar-refractivity contribution in [1.29, 1.82) is 0 Å². The fourth-order valence-corrected chi connectivity index (χ4v) is 5.25. The van der Waals surface area contributed by atoms with Crippen LogP contribution in [0, 0.1) is 11.8 Å². The van der Waals surface area contributed by atoms with Gasteiger partial charge in [0.25, 0.3) is 5.91 Å². The Morgan fingerprint density at radius 1 is 1.02 bits per heavy atom. The van der Waals surface area contributed by atoms with Crippen LogP contribution in [0.5, 0.6) is 5.75 Å². The van der Waals surface area contributed by atoms with Gasteiger partial charge in [-0.2, -0.15) is 0 Å². The molecule has 3 unspecified atom stereocenters. The van der Waals surface area contributed by atoms with Crippen molar-refractivity contribution >= 4 is 105 Å². The number of rotatable bonds is 7. The second-order valence-electron chi connectivity index (χ2n) is 9.40. The normalized spacial score (nSPS) is 20.8. The van der Waals surface area contributed by atoms with Crippen LogP contribution in [-0.2, 0) is 9.47 Å². The van der Waals surface area contributed by atoms with Crippen molar-refractivity contribution < 1.29 is 28.6 Å². The van der Waals surface area contributed by atoms with E-state index in [9.17, 15) is 14.4 Å². The molecule has 2 heterocycles. The van der Waals surface area contributed by atoms with Gasteiger partial charge in [0.15, 0.2) is 6.10 Å². The summed E-state index contributed by atoms with van der Waals surface area (Å²) in [6.07, 6.45) is 0.428. The summed E-state index contributed by atoms with van der Waals surface area (Å²) in [5.74, 6) is 5.25. The second-order valence-corrected chi connectivity index (χ2v) is 14.8. The lowest BCUT2D eigenvalue weighted by atomic mass is 9.97. The molecule has 226 valence electrons. The Kier molecular flexibility index (Phi) is 12.0. The molecule has 1 aromatic rings. The Morgan fingerprint density at radius 3 is 2.17 bits per heavy atom. The summed E-state index contributed by atoms with van der Waals surface area (Å²) in [6, 6.07) is 2.21. The standard InChI is InChI=1S/C25H26Cl7N3O6/c1-3-4-13(2)41-20-10-19(34-22(37)39-11-24(27,28)29)18(26)9-17(20)21(36)33-14-7-15-5-6-16(8-14)35(15)23(38)40-12-25(30,31)32/h9-10,13-16H,5-8,11-12H2,1-2H3,(H,33,36)(H,34,37). The van der Waals surface area contributed by atoms with E-state index in [-0.39, 0.29) is 46.8 Å². The van der Waals surface area contributed by atoms with Crippen LogP contribution in [0.4, 0.5) is 15.3 Å². The van der Waals surface area contributed by atoms with E-state index in [0.29, 0.717) is 12.8 Å². The fourth-order valence-electron chi connectivity index (χ4n) is 4.71. The first-order valence-corrected chi connectivity index (χ1v) is 15.0. The summed E-state index contributed by atoms with van der Waals surface area (Å²) >= 11 is 40.3. The van der Waals surface area contributed by atoms with E-state index in [2.05, 4.69) is 22.5 Å². The zero-order valence-electron chi connectivity index (χ0n) is 21.7. The molecule has 2 aliphatic rings. The van der Waals surface area contributed by atoms with Crippen LogP contribution in [0.2, 0.25) is 5.02 Å². The molecule has 2 aliphatic heterocycles. The van der Waals surface area contributed by atoms with Gasteiger partial charge in [-0.25, -0.2) is 9.59 Å². The number of nitrogens with one attached hydrogen (secondary N) is 2. The number of hydrogen-bond acceptors (Lipinski definition) is 6. The highest BCUT2D eigenvalue weighted by molar-refractivity contribution is 6.68. The molecule has 0 aliphatic carbocycles. The molecule has 3 amide bonds. The molecule has 16 heteroatoms. The van der Waals surface area contributed by atoms with E-state index in [1.54, 1.807) is 18.7 Å². The van der Waals surface area contributed by atoms with Crippen molar-refractivity contribution in [2.75, 3.05) is 18.5 Å². The first kappa shape index (κ1) is 34.1. The zero-order valence-corrected chi connectivity index (χ0v) is 27.0. The molecular weight excluding hydrogens is 686 g/mol. The molecular formula is C25H26Cl7N3O6. The van der Waals surface area contributed by atoms with Crippen LogP contribution in [0.25, 0.3) is 0 Å². The van der Waals surface area contributed by atoms with Crippen molar-refractivity contribution in [3.05, 3.63) is 22.7 Å². The number of amides is 3. The number of ether oxygens (including phenoxy) is 3. The number of piperidine rings is 1. The highest BCUT2D eigenvalue weighted by Gasteiger charge is 2.45.